The van der Waals surface area contributed by atoms with Crippen LogP contribution in [0.15, 0.2) is 18.0 Å². The topological polar surface area (TPSA) is 29.5 Å². The van der Waals surface area contributed by atoms with Crippen LogP contribution in [0.4, 0.5) is 10.1 Å². The standard InChI is InChI=1S/C18H22FNO2/c1-3-22-18(21)16(19)12(2)15-10-13-6-4-8-20-9-5-7-14(11-15)17(13)20/h10-11H,3-9H2,1-2H3. The van der Waals surface area contributed by atoms with E-state index in [1.807, 2.05) is 12.1 Å². The number of carbonyl (C=O) groups excluding carboxylic acids is 1. The van der Waals surface area contributed by atoms with Gasteiger partial charge in [-0.3, -0.25) is 0 Å². The van der Waals surface area contributed by atoms with Gasteiger partial charge in [0.05, 0.1) is 6.61 Å². The summed E-state index contributed by atoms with van der Waals surface area (Å²) in [5.41, 5.74) is 5.11. The summed E-state index contributed by atoms with van der Waals surface area (Å²) in [6.45, 7) is 5.75. The van der Waals surface area contributed by atoms with Crippen LogP contribution in [0.2, 0.25) is 0 Å². The van der Waals surface area contributed by atoms with Gasteiger partial charge in [-0.2, -0.15) is 4.39 Å². The fourth-order valence-corrected chi connectivity index (χ4v) is 3.49. The molecule has 0 saturated heterocycles. The molecule has 0 aliphatic carbocycles. The van der Waals surface area contributed by atoms with Gasteiger partial charge < -0.3 is 9.64 Å². The number of allylic oxidation sites excluding steroid dienone is 1. The zero-order valence-corrected chi connectivity index (χ0v) is 13.2. The van der Waals surface area contributed by atoms with Crippen LogP contribution in [0.5, 0.6) is 0 Å². The fourth-order valence-electron chi connectivity index (χ4n) is 3.49. The van der Waals surface area contributed by atoms with Crippen molar-refractivity contribution in [3.8, 4) is 0 Å². The largest absolute Gasteiger partial charge is 0.461 e. The molecule has 3 rings (SSSR count). The van der Waals surface area contributed by atoms with Crippen molar-refractivity contribution in [2.45, 2.75) is 39.5 Å². The van der Waals surface area contributed by atoms with E-state index in [0.717, 1.165) is 44.3 Å². The van der Waals surface area contributed by atoms with E-state index in [-0.39, 0.29) is 6.61 Å². The Morgan fingerprint density at radius 1 is 1.23 bits per heavy atom. The summed E-state index contributed by atoms with van der Waals surface area (Å²) >= 11 is 0. The van der Waals surface area contributed by atoms with Crippen LogP contribution in [-0.2, 0) is 22.4 Å². The van der Waals surface area contributed by atoms with Crippen molar-refractivity contribution in [2.24, 2.45) is 0 Å². The Balaban J connectivity index is 2.02. The molecule has 0 radical (unpaired) electrons. The van der Waals surface area contributed by atoms with Crippen LogP contribution < -0.4 is 4.90 Å². The highest BCUT2D eigenvalue weighted by atomic mass is 19.1. The van der Waals surface area contributed by atoms with Gasteiger partial charge in [-0.25, -0.2) is 4.79 Å². The van der Waals surface area contributed by atoms with Crippen LogP contribution in [0.25, 0.3) is 5.57 Å². The molecule has 0 unspecified atom stereocenters. The molecule has 0 saturated carbocycles. The van der Waals surface area contributed by atoms with Crippen molar-refractivity contribution in [1.29, 1.82) is 0 Å². The third-order valence-corrected chi connectivity index (χ3v) is 4.55. The molecule has 4 heteroatoms. The Hall–Kier alpha value is -1.84. The molecule has 0 bridgehead atoms. The van der Waals surface area contributed by atoms with E-state index in [4.69, 9.17) is 4.74 Å². The maximum Gasteiger partial charge on any atom is 0.367 e. The minimum atomic E-state index is -0.868. The number of halogens is 1. The molecule has 0 amide bonds. The number of aryl methyl sites for hydroxylation is 2. The average Bonchev–Trinajstić information content (AvgIpc) is 2.54. The van der Waals surface area contributed by atoms with Crippen molar-refractivity contribution >= 4 is 17.2 Å². The Bertz CT molecular complexity index is 605. The van der Waals surface area contributed by atoms with Crippen molar-refractivity contribution in [1.82, 2.24) is 0 Å². The number of esters is 1. The maximum absolute atomic E-state index is 14.2. The van der Waals surface area contributed by atoms with Gasteiger partial charge in [0.15, 0.2) is 0 Å². The third kappa shape index (κ3) is 2.62. The average molecular weight is 303 g/mol. The van der Waals surface area contributed by atoms with E-state index in [9.17, 15) is 9.18 Å². The van der Waals surface area contributed by atoms with Gasteiger partial charge >= 0.3 is 5.97 Å². The lowest BCUT2D eigenvalue weighted by molar-refractivity contribution is -0.140. The number of rotatable bonds is 3. The summed E-state index contributed by atoms with van der Waals surface area (Å²) in [5, 5.41) is 0. The molecule has 2 heterocycles. The molecular weight excluding hydrogens is 281 g/mol. The van der Waals surface area contributed by atoms with E-state index in [2.05, 4.69) is 4.90 Å². The first-order chi connectivity index (χ1) is 10.6. The second-order valence-electron chi connectivity index (χ2n) is 6.00. The summed E-state index contributed by atoms with van der Waals surface area (Å²) in [6, 6.07) is 4.09. The van der Waals surface area contributed by atoms with Gasteiger partial charge in [-0.15, -0.1) is 0 Å². The monoisotopic (exact) mass is 303 g/mol. The lowest BCUT2D eigenvalue weighted by Gasteiger charge is -2.37. The lowest BCUT2D eigenvalue weighted by atomic mass is 9.88. The number of anilines is 1. The second-order valence-corrected chi connectivity index (χ2v) is 6.00. The van der Waals surface area contributed by atoms with Gasteiger partial charge in [0.1, 0.15) is 0 Å². The number of carbonyl (C=O) groups is 1. The molecule has 0 spiro atoms. The van der Waals surface area contributed by atoms with Crippen molar-refractivity contribution in [3.63, 3.8) is 0 Å². The molecule has 0 fully saturated rings. The smallest absolute Gasteiger partial charge is 0.367 e. The molecule has 0 aromatic heterocycles. The molecule has 0 N–H and O–H groups in total. The van der Waals surface area contributed by atoms with Crippen LogP contribution in [0.1, 0.15) is 43.4 Å². The molecule has 1 aromatic carbocycles. The van der Waals surface area contributed by atoms with E-state index >= 15 is 0 Å². The van der Waals surface area contributed by atoms with Gasteiger partial charge in [-0.05, 0) is 73.9 Å². The number of hydrogen-bond donors (Lipinski definition) is 0. The first kappa shape index (κ1) is 15.1. The second kappa shape index (κ2) is 6.11. The molecule has 118 valence electrons. The molecule has 1 aromatic rings. The van der Waals surface area contributed by atoms with E-state index in [0.29, 0.717) is 5.57 Å². The minimum absolute atomic E-state index is 0.184. The van der Waals surface area contributed by atoms with Crippen LogP contribution in [0, 0.1) is 0 Å². The number of benzene rings is 1. The SMILES string of the molecule is CCOC(=O)C(F)=C(C)c1cc2c3c(c1)CCCN3CCC2. The van der Waals surface area contributed by atoms with Crippen LogP contribution in [0.3, 0.4) is 0 Å². The third-order valence-electron chi connectivity index (χ3n) is 4.55. The van der Waals surface area contributed by atoms with E-state index < -0.39 is 11.8 Å². The van der Waals surface area contributed by atoms with Gasteiger partial charge in [0, 0.05) is 18.8 Å². The normalized spacial score (nSPS) is 17.7. The predicted molar refractivity (Wildman–Crippen MR) is 85.6 cm³/mol. The first-order valence-corrected chi connectivity index (χ1v) is 8.06. The molecule has 2 aliphatic rings. The Morgan fingerprint density at radius 2 is 1.82 bits per heavy atom. The zero-order valence-electron chi connectivity index (χ0n) is 13.2. The molecule has 22 heavy (non-hydrogen) atoms. The summed E-state index contributed by atoms with van der Waals surface area (Å²) < 4.78 is 19.0. The van der Waals surface area contributed by atoms with Gasteiger partial charge in [0.25, 0.3) is 0 Å². The Labute approximate surface area is 130 Å². The number of ether oxygens (including phenoxy) is 1. The van der Waals surface area contributed by atoms with E-state index in [1.54, 1.807) is 13.8 Å². The number of nitrogens with zero attached hydrogens (tertiary/aromatic N) is 1. The fraction of sp³-hybridized carbons (Fsp3) is 0.500. The van der Waals surface area contributed by atoms with Gasteiger partial charge in [-0.1, -0.05) is 0 Å². The Kier molecular flexibility index (Phi) is 4.19. The summed E-state index contributed by atoms with van der Waals surface area (Å²) in [4.78, 5) is 14.0. The molecular formula is C18H22FNO2. The minimum Gasteiger partial charge on any atom is -0.461 e. The maximum atomic E-state index is 14.2. The van der Waals surface area contributed by atoms with Crippen molar-refractivity contribution in [3.05, 3.63) is 34.6 Å². The zero-order chi connectivity index (χ0) is 15.7. The molecule has 2 aliphatic heterocycles. The van der Waals surface area contributed by atoms with Gasteiger partial charge in [0.2, 0.25) is 5.83 Å². The molecule has 3 nitrogen and oxygen atoms in total. The van der Waals surface area contributed by atoms with Crippen molar-refractivity contribution in [2.75, 3.05) is 24.6 Å². The summed E-state index contributed by atoms with van der Waals surface area (Å²) in [5.74, 6) is -1.65. The summed E-state index contributed by atoms with van der Waals surface area (Å²) in [7, 11) is 0. The summed E-state index contributed by atoms with van der Waals surface area (Å²) in [6.07, 6.45) is 4.33. The lowest BCUT2D eigenvalue weighted by Crippen LogP contribution is -2.34. The number of hydrogen-bond acceptors (Lipinski definition) is 3. The van der Waals surface area contributed by atoms with Crippen LogP contribution >= 0.6 is 0 Å². The predicted octanol–water partition coefficient (Wildman–Crippen LogP) is 3.65. The first-order valence-electron chi connectivity index (χ1n) is 8.06. The highest BCUT2D eigenvalue weighted by Gasteiger charge is 2.25. The van der Waals surface area contributed by atoms with E-state index in [1.165, 1.54) is 16.8 Å². The molecule has 0 atom stereocenters. The highest BCUT2D eigenvalue weighted by Crippen LogP contribution is 2.37. The highest BCUT2D eigenvalue weighted by molar-refractivity contribution is 5.95. The Morgan fingerprint density at radius 3 is 2.36 bits per heavy atom. The van der Waals surface area contributed by atoms with Crippen molar-refractivity contribution < 1.29 is 13.9 Å². The van der Waals surface area contributed by atoms with Crippen LogP contribution in [-0.4, -0.2) is 25.7 Å². The quantitative estimate of drug-likeness (QED) is 0.630.